The highest BCUT2D eigenvalue weighted by molar-refractivity contribution is 5.71. The van der Waals surface area contributed by atoms with Crippen LogP contribution in [0.15, 0.2) is 18.2 Å². The summed E-state index contributed by atoms with van der Waals surface area (Å²) in [7, 11) is 0. The standard InChI is InChI=1S/C10H9F4N2O/c11-8-5-6(3-4-16-9(15)17)1-2-7(8)10(12,13)14/h1-3,5H,4H2,(H3,15,16,17). The molecule has 1 rings (SSSR count). The van der Waals surface area contributed by atoms with Crippen molar-refractivity contribution < 1.29 is 22.4 Å². The predicted molar refractivity (Wildman–Crippen MR) is 52.4 cm³/mol. The van der Waals surface area contributed by atoms with Gasteiger partial charge in [-0.05, 0) is 17.7 Å². The topological polar surface area (TPSA) is 55.1 Å². The van der Waals surface area contributed by atoms with Gasteiger partial charge in [-0.15, -0.1) is 0 Å². The molecule has 1 radical (unpaired) electrons. The maximum Gasteiger partial charge on any atom is 0.419 e. The molecule has 0 unspecified atom stereocenters. The maximum atomic E-state index is 13.1. The van der Waals surface area contributed by atoms with E-state index in [0.29, 0.717) is 6.07 Å². The van der Waals surface area contributed by atoms with Gasteiger partial charge in [-0.3, -0.25) is 0 Å². The Hall–Kier alpha value is -1.79. The summed E-state index contributed by atoms with van der Waals surface area (Å²) in [6.07, 6.45) is -3.37. The molecule has 0 spiro atoms. The molecule has 3 nitrogen and oxygen atoms in total. The molecule has 0 aromatic heterocycles. The Morgan fingerprint density at radius 2 is 2.06 bits per heavy atom. The number of carbonyl (C=O) groups is 1. The minimum atomic E-state index is -4.71. The summed E-state index contributed by atoms with van der Waals surface area (Å²) in [5, 5.41) is 2.20. The highest BCUT2D eigenvalue weighted by atomic mass is 19.4. The van der Waals surface area contributed by atoms with Crippen LogP contribution in [-0.4, -0.2) is 12.6 Å². The number of halogens is 4. The van der Waals surface area contributed by atoms with Gasteiger partial charge in [0.05, 0.1) is 5.56 Å². The van der Waals surface area contributed by atoms with Gasteiger partial charge in [0.1, 0.15) is 5.82 Å². The van der Waals surface area contributed by atoms with Gasteiger partial charge >= 0.3 is 12.2 Å². The molecule has 17 heavy (non-hydrogen) atoms. The third-order valence-corrected chi connectivity index (χ3v) is 1.91. The number of rotatable bonds is 3. The van der Waals surface area contributed by atoms with Crippen molar-refractivity contribution in [2.45, 2.75) is 6.18 Å². The number of nitrogens with one attached hydrogen (secondary N) is 1. The lowest BCUT2D eigenvalue weighted by Crippen LogP contribution is -2.30. The Bertz CT molecular complexity index is 417. The zero-order valence-electron chi connectivity index (χ0n) is 8.51. The lowest BCUT2D eigenvalue weighted by atomic mass is 10.1. The quantitative estimate of drug-likeness (QED) is 0.791. The maximum absolute atomic E-state index is 13.1. The third kappa shape index (κ3) is 3.93. The second-order valence-electron chi connectivity index (χ2n) is 3.19. The molecule has 0 saturated carbocycles. The molecule has 0 saturated heterocycles. The Kier molecular flexibility index (Phi) is 3.93. The normalized spacial score (nSPS) is 11.3. The van der Waals surface area contributed by atoms with Crippen LogP contribution in [0.3, 0.4) is 0 Å². The first kappa shape index (κ1) is 13.3. The van der Waals surface area contributed by atoms with Crippen molar-refractivity contribution >= 4 is 6.03 Å². The number of primary amides is 1. The van der Waals surface area contributed by atoms with Gasteiger partial charge in [0, 0.05) is 13.0 Å². The van der Waals surface area contributed by atoms with Gasteiger partial charge in [-0.1, -0.05) is 6.07 Å². The molecule has 0 atom stereocenters. The van der Waals surface area contributed by atoms with Crippen LogP contribution < -0.4 is 11.1 Å². The van der Waals surface area contributed by atoms with E-state index in [1.54, 1.807) is 0 Å². The molecule has 93 valence electrons. The predicted octanol–water partition coefficient (Wildman–Crippen LogP) is 2.07. The first-order valence-electron chi connectivity index (χ1n) is 4.54. The van der Waals surface area contributed by atoms with Crippen molar-refractivity contribution in [2.24, 2.45) is 5.73 Å². The van der Waals surface area contributed by atoms with Crippen LogP contribution in [0.4, 0.5) is 22.4 Å². The van der Waals surface area contributed by atoms with Crippen molar-refractivity contribution in [3.63, 3.8) is 0 Å². The molecular formula is C10H9F4N2O. The third-order valence-electron chi connectivity index (χ3n) is 1.91. The van der Waals surface area contributed by atoms with Crippen molar-refractivity contribution in [3.05, 3.63) is 41.6 Å². The lowest BCUT2D eigenvalue weighted by molar-refractivity contribution is -0.140. The summed E-state index contributed by atoms with van der Waals surface area (Å²) in [5.41, 5.74) is 3.68. The largest absolute Gasteiger partial charge is 0.419 e. The fourth-order valence-electron chi connectivity index (χ4n) is 1.16. The lowest BCUT2D eigenvalue weighted by Gasteiger charge is -2.09. The summed E-state index contributed by atoms with van der Waals surface area (Å²) in [6, 6.07) is 1.72. The second-order valence-corrected chi connectivity index (χ2v) is 3.19. The summed E-state index contributed by atoms with van der Waals surface area (Å²) in [6.45, 7) is 0.0140. The van der Waals surface area contributed by atoms with E-state index in [-0.39, 0.29) is 12.1 Å². The zero-order valence-corrected chi connectivity index (χ0v) is 8.51. The summed E-state index contributed by atoms with van der Waals surface area (Å²) >= 11 is 0. The average Bonchev–Trinajstić information content (AvgIpc) is 2.14. The van der Waals surface area contributed by atoms with E-state index in [1.165, 1.54) is 6.42 Å². The number of nitrogens with two attached hydrogens (primary N) is 1. The molecule has 1 aromatic carbocycles. The van der Waals surface area contributed by atoms with Gasteiger partial charge in [0.25, 0.3) is 0 Å². The van der Waals surface area contributed by atoms with E-state index in [1.807, 2.05) is 0 Å². The van der Waals surface area contributed by atoms with Crippen LogP contribution in [0, 0.1) is 12.2 Å². The zero-order chi connectivity index (χ0) is 13.1. The van der Waals surface area contributed by atoms with Crippen molar-refractivity contribution in [1.29, 1.82) is 0 Å². The Morgan fingerprint density at radius 3 is 2.53 bits per heavy atom. The molecule has 0 heterocycles. The number of alkyl halides is 3. The minimum Gasteiger partial charge on any atom is -0.352 e. The fourth-order valence-corrected chi connectivity index (χ4v) is 1.16. The van der Waals surface area contributed by atoms with Crippen LogP contribution in [0.1, 0.15) is 11.1 Å². The number of benzene rings is 1. The van der Waals surface area contributed by atoms with Crippen LogP contribution in [0.5, 0.6) is 0 Å². The Labute approximate surface area is 94.6 Å². The molecule has 1 aromatic rings. The van der Waals surface area contributed by atoms with E-state index in [0.717, 1.165) is 12.1 Å². The average molecular weight is 249 g/mol. The summed E-state index contributed by atoms with van der Waals surface area (Å²) < 4.78 is 49.7. The SMILES string of the molecule is NC(=O)NC[CH]c1ccc(C(F)(F)F)c(F)c1. The molecule has 0 fully saturated rings. The van der Waals surface area contributed by atoms with Crippen LogP contribution in [-0.2, 0) is 6.18 Å². The molecule has 3 N–H and O–H groups in total. The van der Waals surface area contributed by atoms with Gasteiger partial charge in [-0.25, -0.2) is 9.18 Å². The number of carbonyl (C=O) groups excluding carboxylic acids is 1. The van der Waals surface area contributed by atoms with E-state index < -0.39 is 23.6 Å². The van der Waals surface area contributed by atoms with E-state index in [2.05, 4.69) is 5.32 Å². The number of urea groups is 1. The van der Waals surface area contributed by atoms with Crippen LogP contribution >= 0.6 is 0 Å². The van der Waals surface area contributed by atoms with E-state index in [4.69, 9.17) is 5.73 Å². The van der Waals surface area contributed by atoms with Crippen LogP contribution in [0.25, 0.3) is 0 Å². The Balaban J connectivity index is 2.72. The molecule has 7 heteroatoms. The van der Waals surface area contributed by atoms with Gasteiger partial charge in [0.2, 0.25) is 0 Å². The van der Waals surface area contributed by atoms with Crippen LogP contribution in [0.2, 0.25) is 0 Å². The first-order chi connectivity index (χ1) is 7.80. The monoisotopic (exact) mass is 249 g/mol. The van der Waals surface area contributed by atoms with Gasteiger partial charge < -0.3 is 11.1 Å². The van der Waals surface area contributed by atoms with E-state index in [9.17, 15) is 22.4 Å². The number of hydrogen-bond acceptors (Lipinski definition) is 1. The minimum absolute atomic E-state index is 0.0140. The molecule has 0 aliphatic rings. The van der Waals surface area contributed by atoms with E-state index >= 15 is 0 Å². The first-order valence-corrected chi connectivity index (χ1v) is 4.54. The summed E-state index contributed by atoms with van der Waals surface area (Å²) in [5.74, 6) is -1.36. The molecule has 0 aliphatic heterocycles. The fraction of sp³-hybridized carbons (Fsp3) is 0.200. The Morgan fingerprint density at radius 1 is 1.41 bits per heavy atom. The summed E-state index contributed by atoms with van der Waals surface area (Å²) in [4.78, 5) is 10.3. The number of amides is 2. The van der Waals surface area contributed by atoms with Crippen molar-refractivity contribution in [3.8, 4) is 0 Å². The molecule has 0 aliphatic carbocycles. The highest BCUT2D eigenvalue weighted by Crippen LogP contribution is 2.31. The van der Waals surface area contributed by atoms with Crippen molar-refractivity contribution in [1.82, 2.24) is 5.32 Å². The van der Waals surface area contributed by atoms with Crippen molar-refractivity contribution in [2.75, 3.05) is 6.54 Å². The second kappa shape index (κ2) is 5.03. The smallest absolute Gasteiger partial charge is 0.352 e. The molecule has 0 bridgehead atoms. The highest BCUT2D eigenvalue weighted by Gasteiger charge is 2.33. The molecule has 2 amide bonds. The number of hydrogen-bond donors (Lipinski definition) is 2. The van der Waals surface area contributed by atoms with Gasteiger partial charge in [-0.2, -0.15) is 13.2 Å². The van der Waals surface area contributed by atoms with Gasteiger partial charge in [0.15, 0.2) is 0 Å². The molecular weight excluding hydrogens is 240 g/mol.